The third-order valence-corrected chi connectivity index (χ3v) is 11.8. The summed E-state index contributed by atoms with van der Waals surface area (Å²) in [6, 6.07) is 68.9. The smallest absolute Gasteiger partial charge is 0.0942 e. The molecule has 0 amide bonds. The first kappa shape index (κ1) is 30.2. The highest BCUT2D eigenvalue weighted by Crippen LogP contribution is 2.58. The summed E-state index contributed by atoms with van der Waals surface area (Å²) in [5, 5.41) is 8.75. The van der Waals surface area contributed by atoms with Gasteiger partial charge in [-0.25, -0.2) is 0 Å². The molecule has 0 radical (unpaired) electrons. The van der Waals surface area contributed by atoms with Crippen molar-refractivity contribution in [3.63, 3.8) is 0 Å². The molecule has 0 atom stereocenters. The first-order chi connectivity index (χ1) is 27.3. The molecule has 11 aromatic rings. The van der Waals surface area contributed by atoms with Crippen LogP contribution in [0.25, 0.3) is 116 Å². The van der Waals surface area contributed by atoms with Crippen LogP contribution in [0.3, 0.4) is 0 Å². The Morgan fingerprint density at radius 3 is 1.67 bits per heavy atom. The number of hydrogen-bond acceptors (Lipinski definition) is 1. The van der Waals surface area contributed by atoms with Crippen molar-refractivity contribution in [1.82, 2.24) is 9.55 Å². The van der Waals surface area contributed by atoms with Crippen molar-refractivity contribution in [2.75, 3.05) is 0 Å². The van der Waals surface area contributed by atoms with E-state index in [2.05, 4.69) is 187 Å². The first-order valence-corrected chi connectivity index (χ1v) is 19.0. The Morgan fingerprint density at radius 2 is 0.927 bits per heavy atom. The van der Waals surface area contributed by atoms with E-state index in [4.69, 9.17) is 4.98 Å². The van der Waals surface area contributed by atoms with Crippen molar-refractivity contribution in [3.8, 4) is 61.3 Å². The third-order valence-electron chi connectivity index (χ3n) is 11.8. The van der Waals surface area contributed by atoms with Crippen LogP contribution < -0.4 is 0 Å². The Labute approximate surface area is 318 Å². The first-order valence-electron chi connectivity index (χ1n) is 19.0. The van der Waals surface area contributed by atoms with Crippen LogP contribution in [0, 0.1) is 0 Å². The van der Waals surface area contributed by atoms with Gasteiger partial charge < -0.3 is 4.57 Å². The van der Waals surface area contributed by atoms with Crippen LogP contribution >= 0.6 is 0 Å². The molecule has 0 saturated heterocycles. The highest BCUT2D eigenvalue weighted by atomic mass is 15.0. The van der Waals surface area contributed by atoms with Gasteiger partial charge in [0, 0.05) is 22.4 Å². The molecule has 254 valence electrons. The van der Waals surface area contributed by atoms with E-state index in [1.54, 1.807) is 0 Å². The summed E-state index contributed by atoms with van der Waals surface area (Å²) in [6.07, 6.45) is 1.89. The van der Waals surface area contributed by atoms with E-state index in [1.165, 1.54) is 99.0 Å². The zero-order valence-corrected chi connectivity index (χ0v) is 29.9. The normalized spacial score (nSPS) is 12.0. The Hall–Kier alpha value is -7.29. The van der Waals surface area contributed by atoms with Gasteiger partial charge in [0.05, 0.1) is 22.2 Å². The molecular formula is C53H32N2. The van der Waals surface area contributed by atoms with Gasteiger partial charge in [0.15, 0.2) is 0 Å². The topological polar surface area (TPSA) is 17.8 Å². The molecule has 0 fully saturated rings. The largest absolute Gasteiger partial charge is 0.307 e. The molecule has 2 nitrogen and oxygen atoms in total. The van der Waals surface area contributed by atoms with Crippen LogP contribution in [-0.4, -0.2) is 9.55 Å². The van der Waals surface area contributed by atoms with E-state index >= 15 is 0 Å². The van der Waals surface area contributed by atoms with Gasteiger partial charge in [-0.2, -0.15) is 0 Å². The second-order valence-electron chi connectivity index (χ2n) is 14.6. The van der Waals surface area contributed by atoms with Gasteiger partial charge >= 0.3 is 0 Å². The highest BCUT2D eigenvalue weighted by molar-refractivity contribution is 6.29. The average Bonchev–Trinajstić information content (AvgIpc) is 3.76. The standard InChI is InChI=1S/C53H32N2/c1-3-14-33(15-4-1)48-40-21-7-8-22-41(40)49(34-16-5-2-6-17-34)52-43-29-28-37(39-23-12-24-42(50(39)43)51(48)52)36-27-30-46-44(32-36)38-20-9-10-25-45(38)55(46)47-26-11-18-35-19-13-31-54-53(35)47/h1-32H. The van der Waals surface area contributed by atoms with Crippen molar-refractivity contribution < 1.29 is 0 Å². The zero-order chi connectivity index (χ0) is 36.0. The summed E-state index contributed by atoms with van der Waals surface area (Å²) < 4.78 is 2.38. The number of hydrogen-bond donors (Lipinski definition) is 0. The molecule has 2 aromatic heterocycles. The molecule has 0 N–H and O–H groups in total. The maximum absolute atomic E-state index is 4.84. The van der Waals surface area contributed by atoms with Crippen LogP contribution in [0.4, 0.5) is 0 Å². The molecule has 0 bridgehead atoms. The number of rotatable bonds is 4. The summed E-state index contributed by atoms with van der Waals surface area (Å²) in [7, 11) is 0. The van der Waals surface area contributed by atoms with E-state index in [1.807, 2.05) is 12.3 Å². The number of nitrogens with zero attached hydrogens (tertiary/aromatic N) is 2. The van der Waals surface area contributed by atoms with Gasteiger partial charge in [-0.1, -0.05) is 158 Å². The second kappa shape index (κ2) is 11.6. The van der Waals surface area contributed by atoms with Crippen LogP contribution in [0.5, 0.6) is 0 Å². The fourth-order valence-electron chi connectivity index (χ4n) is 9.53. The van der Waals surface area contributed by atoms with Gasteiger partial charge in [-0.15, -0.1) is 0 Å². The van der Waals surface area contributed by atoms with Crippen LogP contribution in [0.2, 0.25) is 0 Å². The molecule has 0 aliphatic heterocycles. The van der Waals surface area contributed by atoms with Crippen molar-refractivity contribution in [2.24, 2.45) is 0 Å². The molecule has 2 heterocycles. The number of pyridine rings is 1. The van der Waals surface area contributed by atoms with Gasteiger partial charge in [0.1, 0.15) is 0 Å². The molecule has 2 heteroatoms. The second-order valence-corrected chi connectivity index (χ2v) is 14.6. The lowest BCUT2D eigenvalue weighted by molar-refractivity contribution is 1.18. The minimum Gasteiger partial charge on any atom is -0.307 e. The molecular weight excluding hydrogens is 665 g/mol. The fourth-order valence-corrected chi connectivity index (χ4v) is 9.53. The molecule has 9 aromatic carbocycles. The summed E-state index contributed by atoms with van der Waals surface area (Å²) in [5.74, 6) is 0. The summed E-state index contributed by atoms with van der Waals surface area (Å²) in [4.78, 5) is 4.84. The number of para-hydroxylation sites is 2. The Kier molecular flexibility index (Phi) is 6.37. The molecule has 0 unspecified atom stereocenters. The molecule has 12 rings (SSSR count). The summed E-state index contributed by atoms with van der Waals surface area (Å²) in [6.45, 7) is 0. The Bertz CT molecular complexity index is 3260. The maximum atomic E-state index is 4.84. The monoisotopic (exact) mass is 696 g/mol. The van der Waals surface area contributed by atoms with Gasteiger partial charge in [0.25, 0.3) is 0 Å². The molecule has 1 aliphatic rings. The Morgan fingerprint density at radius 1 is 0.345 bits per heavy atom. The molecule has 0 saturated carbocycles. The van der Waals surface area contributed by atoms with Gasteiger partial charge in [-0.3, -0.25) is 4.98 Å². The molecule has 55 heavy (non-hydrogen) atoms. The number of benzene rings is 9. The maximum Gasteiger partial charge on any atom is 0.0942 e. The summed E-state index contributed by atoms with van der Waals surface area (Å²) in [5.41, 5.74) is 17.2. The average molecular weight is 697 g/mol. The minimum absolute atomic E-state index is 1.00. The van der Waals surface area contributed by atoms with E-state index < -0.39 is 0 Å². The van der Waals surface area contributed by atoms with Crippen molar-refractivity contribution in [3.05, 3.63) is 194 Å². The minimum atomic E-state index is 1.00. The lowest BCUT2D eigenvalue weighted by atomic mass is 9.82. The highest BCUT2D eigenvalue weighted by Gasteiger charge is 2.31. The quantitative estimate of drug-likeness (QED) is 0.179. The lowest BCUT2D eigenvalue weighted by Gasteiger charge is -2.20. The SMILES string of the molecule is c1ccc(-c2c3c(c(-c4ccccc4)c4ccccc24)-c2ccc(-c4ccc5c(c4)c4ccccc4n5-c4cccc5cccnc45)c4cccc-3c24)cc1. The Balaban J connectivity index is 1.14. The van der Waals surface area contributed by atoms with Gasteiger partial charge in [-0.05, 0) is 108 Å². The van der Waals surface area contributed by atoms with E-state index in [9.17, 15) is 0 Å². The van der Waals surface area contributed by atoms with E-state index in [-0.39, 0.29) is 0 Å². The van der Waals surface area contributed by atoms with E-state index in [0.717, 1.165) is 16.6 Å². The number of aromatic nitrogens is 2. The molecule has 0 spiro atoms. The molecule has 1 aliphatic carbocycles. The van der Waals surface area contributed by atoms with Crippen molar-refractivity contribution in [2.45, 2.75) is 0 Å². The van der Waals surface area contributed by atoms with Crippen molar-refractivity contribution in [1.29, 1.82) is 0 Å². The predicted molar refractivity (Wildman–Crippen MR) is 232 cm³/mol. The predicted octanol–water partition coefficient (Wildman–Crippen LogP) is 14.3. The van der Waals surface area contributed by atoms with Crippen LogP contribution in [0.1, 0.15) is 0 Å². The zero-order valence-electron chi connectivity index (χ0n) is 29.9. The third kappa shape index (κ3) is 4.28. The van der Waals surface area contributed by atoms with Crippen LogP contribution in [0.15, 0.2) is 194 Å². The lowest BCUT2D eigenvalue weighted by Crippen LogP contribution is -1.96. The fraction of sp³-hybridized carbons (Fsp3) is 0. The summed E-state index contributed by atoms with van der Waals surface area (Å²) >= 11 is 0. The number of fused-ring (bicyclic) bond motifs is 8. The van der Waals surface area contributed by atoms with Crippen LogP contribution in [-0.2, 0) is 0 Å². The van der Waals surface area contributed by atoms with Crippen molar-refractivity contribution >= 4 is 54.3 Å². The van der Waals surface area contributed by atoms with E-state index in [0.29, 0.717) is 0 Å². The van der Waals surface area contributed by atoms with Gasteiger partial charge in [0.2, 0.25) is 0 Å².